The number of azo groups is 1. The lowest BCUT2D eigenvalue weighted by Crippen LogP contribution is -2.17. The lowest BCUT2D eigenvalue weighted by Gasteiger charge is -2.25. The van der Waals surface area contributed by atoms with Gasteiger partial charge < -0.3 is 5.11 Å². The van der Waals surface area contributed by atoms with Crippen LogP contribution in [0.25, 0.3) is 0 Å². The number of rotatable bonds is 4. The SMILES string of the molecule is CCCC1CCc2c(cc(F)c(C#Cc3ccc(N=Nc4ccc(O)cc4)cc3)c2F)C1. The Morgan fingerprint density at radius 2 is 1.62 bits per heavy atom. The second kappa shape index (κ2) is 9.74. The quantitative estimate of drug-likeness (QED) is 0.340. The largest absolute Gasteiger partial charge is 0.508 e. The summed E-state index contributed by atoms with van der Waals surface area (Å²) in [4.78, 5) is 0. The molecule has 1 atom stereocenters. The van der Waals surface area contributed by atoms with Crippen LogP contribution in [0.4, 0.5) is 20.2 Å². The predicted molar refractivity (Wildman–Crippen MR) is 121 cm³/mol. The highest BCUT2D eigenvalue weighted by Crippen LogP contribution is 2.32. The molecule has 0 amide bonds. The van der Waals surface area contributed by atoms with E-state index in [4.69, 9.17) is 0 Å². The maximum absolute atomic E-state index is 15.0. The number of hydrogen-bond acceptors (Lipinski definition) is 3. The maximum Gasteiger partial charge on any atom is 0.145 e. The first-order valence-electron chi connectivity index (χ1n) is 10.9. The summed E-state index contributed by atoms with van der Waals surface area (Å²) in [6.45, 7) is 2.14. The van der Waals surface area contributed by atoms with Crippen LogP contribution in [0.2, 0.25) is 0 Å². The molecule has 0 radical (unpaired) electrons. The molecule has 32 heavy (non-hydrogen) atoms. The van der Waals surface area contributed by atoms with Gasteiger partial charge in [-0.2, -0.15) is 10.2 Å². The predicted octanol–water partition coefficient (Wildman–Crippen LogP) is 7.39. The van der Waals surface area contributed by atoms with E-state index in [0.717, 1.165) is 31.2 Å². The Morgan fingerprint density at radius 3 is 2.28 bits per heavy atom. The molecule has 0 aliphatic heterocycles. The van der Waals surface area contributed by atoms with Crippen LogP contribution in [0.1, 0.15) is 48.4 Å². The molecule has 0 saturated heterocycles. The molecular weight excluding hydrogens is 406 g/mol. The van der Waals surface area contributed by atoms with Crippen molar-refractivity contribution in [2.24, 2.45) is 16.1 Å². The Bertz CT molecular complexity index is 1190. The van der Waals surface area contributed by atoms with Crippen LogP contribution in [-0.4, -0.2) is 5.11 Å². The van der Waals surface area contributed by atoms with Gasteiger partial charge in [-0.25, -0.2) is 8.78 Å². The van der Waals surface area contributed by atoms with Crippen LogP contribution in [0.15, 0.2) is 64.8 Å². The van der Waals surface area contributed by atoms with Crippen molar-refractivity contribution < 1.29 is 13.9 Å². The van der Waals surface area contributed by atoms with E-state index in [2.05, 4.69) is 29.0 Å². The van der Waals surface area contributed by atoms with E-state index in [1.165, 1.54) is 18.2 Å². The average molecular weight is 430 g/mol. The summed E-state index contributed by atoms with van der Waals surface area (Å²) >= 11 is 0. The highest BCUT2D eigenvalue weighted by molar-refractivity contribution is 5.50. The summed E-state index contributed by atoms with van der Waals surface area (Å²) in [5, 5.41) is 17.5. The van der Waals surface area contributed by atoms with Crippen molar-refractivity contribution in [2.45, 2.75) is 39.0 Å². The zero-order chi connectivity index (χ0) is 22.5. The maximum atomic E-state index is 15.0. The zero-order valence-electron chi connectivity index (χ0n) is 17.9. The Hall–Kier alpha value is -3.52. The van der Waals surface area contributed by atoms with Crippen LogP contribution in [0.3, 0.4) is 0 Å². The smallest absolute Gasteiger partial charge is 0.145 e. The Balaban J connectivity index is 1.50. The number of aromatic hydroxyl groups is 1. The van der Waals surface area contributed by atoms with E-state index in [1.807, 2.05) is 0 Å². The van der Waals surface area contributed by atoms with Crippen LogP contribution in [0.5, 0.6) is 5.75 Å². The van der Waals surface area contributed by atoms with Crippen molar-refractivity contribution in [3.05, 3.63) is 88.5 Å². The summed E-state index contributed by atoms with van der Waals surface area (Å²) in [5.74, 6) is 5.11. The molecule has 1 N–H and O–H groups in total. The minimum Gasteiger partial charge on any atom is -0.508 e. The van der Waals surface area contributed by atoms with Gasteiger partial charge in [0.15, 0.2) is 0 Å². The molecule has 3 aromatic rings. The van der Waals surface area contributed by atoms with Crippen molar-refractivity contribution in [3.63, 3.8) is 0 Å². The first kappa shape index (κ1) is 21.7. The van der Waals surface area contributed by atoms with Gasteiger partial charge in [0.05, 0.1) is 16.9 Å². The molecule has 3 nitrogen and oxygen atoms in total. The lowest BCUT2D eigenvalue weighted by molar-refractivity contribution is 0.411. The van der Waals surface area contributed by atoms with Crippen molar-refractivity contribution in [3.8, 4) is 17.6 Å². The Morgan fingerprint density at radius 1 is 0.969 bits per heavy atom. The van der Waals surface area contributed by atoms with E-state index in [0.29, 0.717) is 34.8 Å². The topological polar surface area (TPSA) is 45.0 Å². The van der Waals surface area contributed by atoms with Gasteiger partial charge in [-0.05, 0) is 90.9 Å². The van der Waals surface area contributed by atoms with E-state index >= 15 is 0 Å². The molecule has 5 heteroatoms. The highest BCUT2D eigenvalue weighted by Gasteiger charge is 2.24. The molecule has 1 aliphatic carbocycles. The van der Waals surface area contributed by atoms with Crippen LogP contribution in [0, 0.1) is 29.4 Å². The Labute approximate surface area is 186 Å². The summed E-state index contributed by atoms with van der Waals surface area (Å²) in [5.41, 5.74) is 3.12. The van der Waals surface area contributed by atoms with Crippen molar-refractivity contribution in [1.29, 1.82) is 0 Å². The summed E-state index contributed by atoms with van der Waals surface area (Å²) in [6.07, 6.45) is 4.50. The molecule has 0 fully saturated rings. The highest BCUT2D eigenvalue weighted by atomic mass is 19.1. The Kier molecular flexibility index (Phi) is 6.61. The lowest BCUT2D eigenvalue weighted by atomic mass is 9.81. The van der Waals surface area contributed by atoms with Gasteiger partial charge in [-0.3, -0.25) is 0 Å². The van der Waals surface area contributed by atoms with Crippen LogP contribution < -0.4 is 0 Å². The van der Waals surface area contributed by atoms with Crippen molar-refractivity contribution in [2.75, 3.05) is 0 Å². The summed E-state index contributed by atoms with van der Waals surface area (Å²) in [6, 6.07) is 14.8. The van der Waals surface area contributed by atoms with Gasteiger partial charge >= 0.3 is 0 Å². The standard InChI is InChI=1S/C27H24F2N2O/c1-2-3-19-7-14-24-20(16-19)17-26(28)25(27(24)29)15-6-18-4-8-21(9-5-18)30-31-22-10-12-23(32)13-11-22/h4-5,8-13,17,19,32H,2-3,7,14,16H2,1H3. The third kappa shape index (κ3) is 5.03. The molecule has 1 aliphatic rings. The number of halogens is 2. The van der Waals surface area contributed by atoms with E-state index in [1.54, 1.807) is 36.4 Å². The van der Waals surface area contributed by atoms with Gasteiger partial charge in [-0.15, -0.1) is 0 Å². The molecule has 3 aromatic carbocycles. The van der Waals surface area contributed by atoms with Gasteiger partial charge in [0, 0.05) is 5.56 Å². The van der Waals surface area contributed by atoms with Gasteiger partial charge in [0.1, 0.15) is 17.4 Å². The van der Waals surface area contributed by atoms with E-state index < -0.39 is 11.6 Å². The number of fused-ring (bicyclic) bond motifs is 1. The molecule has 0 bridgehead atoms. The molecule has 0 spiro atoms. The second-order valence-corrected chi connectivity index (χ2v) is 8.10. The number of phenols is 1. The van der Waals surface area contributed by atoms with Gasteiger partial charge in [0.25, 0.3) is 0 Å². The third-order valence-electron chi connectivity index (χ3n) is 5.75. The second-order valence-electron chi connectivity index (χ2n) is 8.10. The number of nitrogens with zero attached hydrogens (tertiary/aromatic N) is 2. The van der Waals surface area contributed by atoms with Crippen molar-refractivity contribution >= 4 is 11.4 Å². The fourth-order valence-electron chi connectivity index (χ4n) is 4.07. The fraction of sp³-hybridized carbons (Fsp3) is 0.259. The van der Waals surface area contributed by atoms with Gasteiger partial charge in [0.2, 0.25) is 0 Å². The van der Waals surface area contributed by atoms with E-state index in [-0.39, 0.29) is 11.3 Å². The molecule has 1 unspecified atom stereocenters. The molecule has 162 valence electrons. The van der Waals surface area contributed by atoms with E-state index in [9.17, 15) is 13.9 Å². The molecule has 0 heterocycles. The molecule has 0 aromatic heterocycles. The summed E-state index contributed by atoms with van der Waals surface area (Å²) in [7, 11) is 0. The molecule has 0 saturated carbocycles. The number of hydrogen-bond donors (Lipinski definition) is 1. The number of phenolic OH excluding ortho intramolecular Hbond substituents is 1. The minimum absolute atomic E-state index is 0.159. The average Bonchev–Trinajstić information content (AvgIpc) is 2.79. The monoisotopic (exact) mass is 430 g/mol. The first-order valence-corrected chi connectivity index (χ1v) is 10.9. The fourth-order valence-corrected chi connectivity index (χ4v) is 4.07. The van der Waals surface area contributed by atoms with Crippen LogP contribution in [-0.2, 0) is 12.8 Å². The first-order chi connectivity index (χ1) is 15.5. The normalized spacial score (nSPS) is 15.3. The molecule has 4 rings (SSSR count). The minimum atomic E-state index is -0.592. The summed E-state index contributed by atoms with van der Waals surface area (Å²) < 4.78 is 29.6. The number of benzene rings is 3. The van der Waals surface area contributed by atoms with Crippen LogP contribution >= 0.6 is 0 Å². The van der Waals surface area contributed by atoms with Gasteiger partial charge in [-0.1, -0.05) is 31.6 Å². The molecular formula is C27H24F2N2O. The third-order valence-corrected chi connectivity index (χ3v) is 5.75. The zero-order valence-corrected chi connectivity index (χ0v) is 17.9. The van der Waals surface area contributed by atoms with Crippen molar-refractivity contribution in [1.82, 2.24) is 0 Å².